The van der Waals surface area contributed by atoms with E-state index in [4.69, 9.17) is 24.3 Å². The Labute approximate surface area is 263 Å². The molecule has 1 fully saturated rings. The van der Waals surface area contributed by atoms with Gasteiger partial charge in [-0.1, -0.05) is 12.1 Å². The molecule has 0 aromatic heterocycles. The molecule has 0 radical (unpaired) electrons. The lowest BCUT2D eigenvalue weighted by Crippen LogP contribution is -2.58. The summed E-state index contributed by atoms with van der Waals surface area (Å²) in [5.74, 6) is -1.16. The molecule has 4 aliphatic rings. The zero-order valence-corrected chi connectivity index (χ0v) is 25.9. The topological polar surface area (TPSA) is 153 Å². The molecule has 2 aromatic carbocycles. The lowest BCUT2D eigenvalue weighted by Gasteiger charge is -2.62. The van der Waals surface area contributed by atoms with Crippen molar-refractivity contribution < 1.29 is 51.9 Å². The molecule has 46 heavy (non-hydrogen) atoms. The Morgan fingerprint density at radius 3 is 2.57 bits per heavy atom. The van der Waals surface area contributed by atoms with Crippen LogP contribution in [0.4, 0.5) is 13.2 Å². The van der Waals surface area contributed by atoms with Gasteiger partial charge in [-0.25, -0.2) is 0 Å². The number of benzene rings is 2. The SMILES string of the molecule is COc1c(C)cc2c(c1O)[C@H]1[N-][C@@H](C2)CN2C1Cc1c(OC(C)=O)c(C)c3c(c1[C@@H]2CNC(O)[C@H](C)NC(=O)C(F)(F)F)OCO3. The molecule has 15 heteroatoms. The van der Waals surface area contributed by atoms with Gasteiger partial charge in [-0.15, -0.1) is 6.04 Å². The van der Waals surface area contributed by atoms with Gasteiger partial charge in [-0.3, -0.25) is 19.8 Å². The molecule has 4 aliphatic heterocycles. The van der Waals surface area contributed by atoms with Crippen LogP contribution in [0.2, 0.25) is 0 Å². The van der Waals surface area contributed by atoms with Crippen LogP contribution in [0, 0.1) is 13.8 Å². The van der Waals surface area contributed by atoms with E-state index in [0.717, 1.165) is 11.1 Å². The van der Waals surface area contributed by atoms with Crippen molar-refractivity contribution >= 4 is 11.9 Å². The summed E-state index contributed by atoms with van der Waals surface area (Å²) in [4.78, 5) is 26.0. The van der Waals surface area contributed by atoms with Crippen molar-refractivity contribution in [3.05, 3.63) is 44.8 Å². The first-order chi connectivity index (χ1) is 21.7. The highest BCUT2D eigenvalue weighted by Gasteiger charge is 2.47. The molecule has 1 saturated heterocycles. The van der Waals surface area contributed by atoms with Crippen LogP contribution in [-0.2, 0) is 22.4 Å². The summed E-state index contributed by atoms with van der Waals surface area (Å²) in [7, 11) is 1.49. The highest BCUT2D eigenvalue weighted by Crippen LogP contribution is 2.58. The molecule has 1 amide bonds. The molecule has 250 valence electrons. The van der Waals surface area contributed by atoms with Gasteiger partial charge in [0.1, 0.15) is 12.0 Å². The Morgan fingerprint density at radius 2 is 1.89 bits per heavy atom. The number of methoxy groups -OCH3 is 1. The highest BCUT2D eigenvalue weighted by molar-refractivity contribution is 5.82. The third kappa shape index (κ3) is 5.38. The van der Waals surface area contributed by atoms with Gasteiger partial charge in [0.15, 0.2) is 23.0 Å². The van der Waals surface area contributed by atoms with Crippen molar-refractivity contribution in [1.29, 1.82) is 0 Å². The maximum absolute atomic E-state index is 12.9. The number of piperazine rings is 1. The predicted octanol–water partition coefficient (Wildman–Crippen LogP) is 2.97. The van der Waals surface area contributed by atoms with Crippen LogP contribution in [0.3, 0.4) is 0 Å². The Morgan fingerprint density at radius 1 is 1.17 bits per heavy atom. The summed E-state index contributed by atoms with van der Waals surface area (Å²) in [5, 5.41) is 32.0. The number of nitrogens with one attached hydrogen (secondary N) is 2. The second-order valence-corrected chi connectivity index (χ2v) is 12.2. The van der Waals surface area contributed by atoms with Crippen molar-refractivity contribution in [2.45, 2.75) is 83.1 Å². The largest absolute Gasteiger partial charge is 0.650 e. The number of phenolic OH excluding ortho intramolecular Hbond substituents is 1. The van der Waals surface area contributed by atoms with Gasteiger partial charge in [-0.2, -0.15) is 13.2 Å². The highest BCUT2D eigenvalue weighted by atomic mass is 19.4. The zero-order chi connectivity index (χ0) is 33.2. The number of aliphatic hydroxyl groups is 1. The molecule has 12 nitrogen and oxygen atoms in total. The van der Waals surface area contributed by atoms with Gasteiger partial charge >= 0.3 is 18.1 Å². The molecule has 4 N–H and O–H groups in total. The fraction of sp³-hybridized carbons (Fsp3) is 0.548. The number of alkyl halides is 3. The second-order valence-electron chi connectivity index (χ2n) is 12.2. The second kappa shape index (κ2) is 11.8. The number of fused-ring (bicyclic) bond motifs is 9. The number of hydrogen-bond donors (Lipinski definition) is 4. The number of ether oxygens (including phenoxy) is 4. The van der Waals surface area contributed by atoms with E-state index >= 15 is 0 Å². The summed E-state index contributed by atoms with van der Waals surface area (Å²) in [6, 6.07) is -0.865. The molecule has 2 bridgehead atoms. The molecular formula is C31H36F3N4O8-. The van der Waals surface area contributed by atoms with E-state index in [-0.39, 0.29) is 31.2 Å². The fourth-order valence-electron chi connectivity index (χ4n) is 7.34. The summed E-state index contributed by atoms with van der Waals surface area (Å²) in [6.07, 6.45) is -5.74. The number of nitrogens with zero attached hydrogens (tertiary/aromatic N) is 2. The monoisotopic (exact) mass is 649 g/mol. The third-order valence-electron chi connectivity index (χ3n) is 9.24. The number of halogens is 3. The molecule has 2 unspecified atom stereocenters. The standard InChI is InChI=1S/C31H36F3N4O8/c1-12-6-16-7-17-10-38-19(23(37-17)21(16)24(40)25(12)43-5)8-18-22(28-27(44-11-45-28)13(2)26(18)46-15(4)39)20(38)9-35-29(41)14(3)36-30(42)31(32,33)34/h6,14,17,19-20,23,29,35,40-41H,7-11H2,1-5H3,(H,36,42)/q-1/t14-,17-,19?,20-,23-,29?/m0/s1. The third-order valence-corrected chi connectivity index (χ3v) is 9.24. The summed E-state index contributed by atoms with van der Waals surface area (Å²) in [5.41, 5.74) is 4.31. The summed E-state index contributed by atoms with van der Waals surface area (Å²) in [6.45, 7) is 6.60. The number of aryl methyl sites for hydroxylation is 1. The van der Waals surface area contributed by atoms with E-state index < -0.39 is 42.4 Å². The molecule has 4 heterocycles. The van der Waals surface area contributed by atoms with Crippen LogP contribution < -0.4 is 29.6 Å². The molecule has 0 aliphatic carbocycles. The number of carbonyl (C=O) groups is 2. The zero-order valence-electron chi connectivity index (χ0n) is 25.9. The van der Waals surface area contributed by atoms with E-state index in [2.05, 4.69) is 10.2 Å². The minimum atomic E-state index is -5.11. The Kier molecular flexibility index (Phi) is 8.24. The number of carbonyl (C=O) groups excluding carboxylic acids is 2. The molecular weight excluding hydrogens is 613 g/mol. The number of hydrogen-bond acceptors (Lipinski definition) is 10. The maximum atomic E-state index is 12.9. The molecule has 0 spiro atoms. The smallest absolute Gasteiger partial charge is 0.471 e. The maximum Gasteiger partial charge on any atom is 0.471 e. The minimum absolute atomic E-state index is 0.00473. The quantitative estimate of drug-likeness (QED) is 0.200. The van der Waals surface area contributed by atoms with Crippen LogP contribution >= 0.6 is 0 Å². The minimum Gasteiger partial charge on any atom is -0.650 e. The van der Waals surface area contributed by atoms with Crippen molar-refractivity contribution in [2.24, 2.45) is 0 Å². The van der Waals surface area contributed by atoms with Gasteiger partial charge in [0.05, 0.1) is 19.2 Å². The van der Waals surface area contributed by atoms with Gasteiger partial charge in [0.2, 0.25) is 6.79 Å². The fourth-order valence-corrected chi connectivity index (χ4v) is 7.34. The van der Waals surface area contributed by atoms with Crippen molar-refractivity contribution in [3.63, 3.8) is 0 Å². The molecule has 6 atom stereocenters. The number of amides is 1. The number of aliphatic hydroxyl groups excluding tert-OH is 1. The number of esters is 1. The predicted molar refractivity (Wildman–Crippen MR) is 156 cm³/mol. The number of aromatic hydroxyl groups is 1. The summed E-state index contributed by atoms with van der Waals surface area (Å²) >= 11 is 0. The van der Waals surface area contributed by atoms with Crippen LogP contribution in [0.15, 0.2) is 6.07 Å². The van der Waals surface area contributed by atoms with Gasteiger partial charge < -0.3 is 39.8 Å². The molecule has 6 rings (SSSR count). The van der Waals surface area contributed by atoms with E-state index in [1.165, 1.54) is 21.0 Å². The van der Waals surface area contributed by atoms with Crippen molar-refractivity contribution in [3.8, 4) is 28.7 Å². The van der Waals surface area contributed by atoms with Gasteiger partial charge in [0.25, 0.3) is 0 Å². The lowest BCUT2D eigenvalue weighted by molar-refractivity contribution is -0.175. The van der Waals surface area contributed by atoms with Crippen LogP contribution in [0.5, 0.6) is 28.7 Å². The molecule has 0 saturated carbocycles. The first kappa shape index (κ1) is 32.2. The first-order valence-corrected chi connectivity index (χ1v) is 15.0. The molecule has 2 aromatic rings. The van der Waals surface area contributed by atoms with Crippen molar-refractivity contribution in [2.75, 3.05) is 27.0 Å². The Balaban J connectivity index is 1.44. The lowest BCUT2D eigenvalue weighted by atomic mass is 9.75. The van der Waals surface area contributed by atoms with E-state index in [0.29, 0.717) is 64.6 Å². The van der Waals surface area contributed by atoms with Crippen LogP contribution in [0.1, 0.15) is 59.3 Å². The van der Waals surface area contributed by atoms with E-state index in [9.17, 15) is 33.0 Å². The Hall–Kier alpha value is -3.79. The number of rotatable bonds is 7. The average molecular weight is 650 g/mol. The van der Waals surface area contributed by atoms with Gasteiger partial charge in [0, 0.05) is 36.2 Å². The normalized spacial score (nSPS) is 24.3. The Bertz CT molecular complexity index is 1580. The first-order valence-electron chi connectivity index (χ1n) is 15.0. The van der Waals surface area contributed by atoms with E-state index in [1.54, 1.807) is 12.2 Å². The number of phenols is 1. The van der Waals surface area contributed by atoms with Crippen LogP contribution in [0.25, 0.3) is 5.32 Å². The van der Waals surface area contributed by atoms with E-state index in [1.807, 2.05) is 13.0 Å². The van der Waals surface area contributed by atoms with Crippen molar-refractivity contribution in [1.82, 2.24) is 15.5 Å². The summed E-state index contributed by atoms with van der Waals surface area (Å²) < 4.78 is 61.7. The van der Waals surface area contributed by atoms with Crippen LogP contribution in [-0.4, -0.2) is 84.5 Å². The average Bonchev–Trinajstić information content (AvgIpc) is 3.47. The van der Waals surface area contributed by atoms with Gasteiger partial charge in [-0.05, 0) is 56.8 Å².